The van der Waals surface area contributed by atoms with Gasteiger partial charge in [-0.2, -0.15) is 5.26 Å². The second-order valence-electron chi connectivity index (χ2n) is 9.59. The van der Waals surface area contributed by atoms with E-state index < -0.39 is 5.66 Å². The molecule has 0 unspecified atom stereocenters. The van der Waals surface area contributed by atoms with Crippen LogP contribution in [-0.2, 0) is 28.2 Å². The lowest BCUT2D eigenvalue weighted by atomic mass is 9.65. The normalized spacial score (nSPS) is 28.0. The number of benzene rings is 2. The molecule has 2 N–H and O–H groups in total. The summed E-state index contributed by atoms with van der Waals surface area (Å²) >= 11 is 0. The lowest BCUT2D eigenvalue weighted by Crippen LogP contribution is -2.43. The minimum atomic E-state index is -0.673. The maximum Gasteiger partial charge on any atom is 0.184 e. The van der Waals surface area contributed by atoms with E-state index in [4.69, 9.17) is 25.2 Å². The zero-order valence-electron chi connectivity index (χ0n) is 19.5. The molecule has 2 aromatic rings. The Hall–Kier alpha value is -3.01. The van der Waals surface area contributed by atoms with E-state index >= 15 is 0 Å². The summed E-state index contributed by atoms with van der Waals surface area (Å²) in [7, 11) is 3.47. The zero-order valence-corrected chi connectivity index (χ0v) is 19.5. The summed E-state index contributed by atoms with van der Waals surface area (Å²) in [5, 5.41) is 9.54. The van der Waals surface area contributed by atoms with E-state index in [1.54, 1.807) is 14.2 Å². The van der Waals surface area contributed by atoms with Crippen molar-refractivity contribution >= 4 is 11.5 Å². The fourth-order valence-electron chi connectivity index (χ4n) is 6.02. The average Bonchev–Trinajstić information content (AvgIpc) is 3.27. The first kappa shape index (κ1) is 21.8. The van der Waals surface area contributed by atoms with Gasteiger partial charge in [-0.15, -0.1) is 0 Å². The molecule has 170 valence electrons. The third kappa shape index (κ3) is 3.38. The lowest BCUT2D eigenvalue weighted by Gasteiger charge is -2.44. The van der Waals surface area contributed by atoms with Gasteiger partial charge in [0.25, 0.3) is 0 Å². The molecular weight excluding hydrogens is 412 g/mol. The molecule has 1 saturated carbocycles. The van der Waals surface area contributed by atoms with Gasteiger partial charge in [0.15, 0.2) is 5.66 Å². The lowest BCUT2D eigenvalue weighted by molar-refractivity contribution is -0.000372. The van der Waals surface area contributed by atoms with Crippen molar-refractivity contribution in [1.29, 1.82) is 5.26 Å². The molecule has 33 heavy (non-hydrogen) atoms. The Morgan fingerprint density at radius 2 is 1.88 bits per heavy atom. The maximum atomic E-state index is 9.54. The van der Waals surface area contributed by atoms with Gasteiger partial charge in [-0.05, 0) is 85.5 Å². The number of nitrogens with two attached hydrogens (primary N) is 1. The summed E-state index contributed by atoms with van der Waals surface area (Å²) in [5.41, 5.74) is 12.5. The molecule has 1 aliphatic heterocycles. The van der Waals surface area contributed by atoms with Crippen molar-refractivity contribution in [1.82, 2.24) is 0 Å². The summed E-state index contributed by atoms with van der Waals surface area (Å²) < 4.78 is 11.0. The van der Waals surface area contributed by atoms with Crippen molar-refractivity contribution in [2.45, 2.75) is 57.4 Å². The molecular formula is C27H30N4O2. The van der Waals surface area contributed by atoms with E-state index in [9.17, 15) is 5.26 Å². The molecule has 1 fully saturated rings. The summed E-state index contributed by atoms with van der Waals surface area (Å²) in [5.74, 6) is 0.537. The number of rotatable bonds is 4. The van der Waals surface area contributed by atoms with Gasteiger partial charge < -0.3 is 15.2 Å². The Labute approximate surface area is 195 Å². The molecule has 0 aromatic heterocycles. The number of ether oxygens (including phenoxy) is 2. The van der Waals surface area contributed by atoms with Crippen LogP contribution in [0.25, 0.3) is 11.1 Å². The van der Waals surface area contributed by atoms with Gasteiger partial charge in [0.05, 0.1) is 30.1 Å². The molecule has 3 aliphatic rings. The quantitative estimate of drug-likeness (QED) is 0.755. The molecule has 0 bridgehead atoms. The van der Waals surface area contributed by atoms with Crippen LogP contribution in [0.5, 0.6) is 0 Å². The topological polar surface area (TPSA) is 93.0 Å². The molecule has 2 aliphatic carbocycles. The van der Waals surface area contributed by atoms with Gasteiger partial charge >= 0.3 is 0 Å². The summed E-state index contributed by atoms with van der Waals surface area (Å²) in [6, 6.07) is 14.8. The predicted octanol–water partition coefficient (Wildman–Crippen LogP) is 4.49. The number of nitrogens with zero attached hydrogens (tertiary/aromatic N) is 3. The Kier molecular flexibility index (Phi) is 5.35. The SMILES string of the molecule is COCc1cc(C#N)cc(-c2ccc3c(c2)[C@@]2(N=C(C)C(N)=N2)C2(CCC(OC)CC2)C3)c1. The number of fused-ring (bicyclic) bond motifs is 3. The standard InChI is InChI=1S/C27H30N4O2/c1-17-25(29)31-27(30-17)24-13-20(22-11-18(15-28)10-19(12-22)16-32-2)4-5-21(24)14-26(27)8-6-23(33-3)7-9-26/h4-5,10-13,23H,6-9,14,16H2,1-3H3,(H2,29,31)/t23?,26?,27-/m0/s1. The third-order valence-electron chi connectivity index (χ3n) is 7.73. The smallest absolute Gasteiger partial charge is 0.184 e. The largest absolute Gasteiger partial charge is 0.382 e. The van der Waals surface area contributed by atoms with Crippen LogP contribution < -0.4 is 5.73 Å². The van der Waals surface area contributed by atoms with Gasteiger partial charge in [0.2, 0.25) is 0 Å². The van der Waals surface area contributed by atoms with Crippen molar-refractivity contribution in [2.75, 3.05) is 14.2 Å². The molecule has 0 radical (unpaired) electrons. The molecule has 0 saturated heterocycles. The predicted molar refractivity (Wildman–Crippen MR) is 129 cm³/mol. The van der Waals surface area contributed by atoms with Crippen LogP contribution in [-0.4, -0.2) is 31.9 Å². The van der Waals surface area contributed by atoms with Crippen LogP contribution in [0.2, 0.25) is 0 Å². The van der Waals surface area contributed by atoms with E-state index in [0.29, 0.717) is 24.1 Å². The molecule has 2 aromatic carbocycles. The number of nitriles is 1. The Bertz CT molecular complexity index is 1180. The molecule has 6 nitrogen and oxygen atoms in total. The molecule has 1 atom stereocenters. The highest BCUT2D eigenvalue weighted by Gasteiger charge is 2.60. The molecule has 2 spiro atoms. The van der Waals surface area contributed by atoms with Gasteiger partial charge in [0.1, 0.15) is 5.84 Å². The number of hydrogen-bond donors (Lipinski definition) is 1. The maximum absolute atomic E-state index is 9.54. The Morgan fingerprint density at radius 1 is 1.09 bits per heavy atom. The van der Waals surface area contributed by atoms with Gasteiger partial charge in [-0.3, -0.25) is 4.99 Å². The van der Waals surface area contributed by atoms with E-state index in [1.165, 1.54) is 5.56 Å². The first-order chi connectivity index (χ1) is 15.9. The fourth-order valence-corrected chi connectivity index (χ4v) is 6.02. The Morgan fingerprint density at radius 3 is 2.52 bits per heavy atom. The first-order valence-corrected chi connectivity index (χ1v) is 11.6. The Balaban J connectivity index is 1.63. The van der Waals surface area contributed by atoms with E-state index in [2.05, 4.69) is 30.3 Å². The van der Waals surface area contributed by atoms with Crippen molar-refractivity contribution in [3.8, 4) is 17.2 Å². The number of amidine groups is 1. The van der Waals surface area contributed by atoms with Crippen molar-refractivity contribution in [2.24, 2.45) is 21.1 Å². The van der Waals surface area contributed by atoms with Crippen LogP contribution in [0.15, 0.2) is 46.4 Å². The van der Waals surface area contributed by atoms with Crippen LogP contribution in [0.1, 0.15) is 54.9 Å². The third-order valence-corrected chi connectivity index (χ3v) is 7.73. The highest BCUT2D eigenvalue weighted by molar-refractivity contribution is 6.41. The summed E-state index contributed by atoms with van der Waals surface area (Å²) in [6.07, 6.45) is 5.27. The van der Waals surface area contributed by atoms with Crippen LogP contribution in [0.4, 0.5) is 0 Å². The van der Waals surface area contributed by atoms with E-state index in [-0.39, 0.29) is 5.41 Å². The number of methoxy groups -OCH3 is 2. The van der Waals surface area contributed by atoms with Crippen LogP contribution >= 0.6 is 0 Å². The molecule has 6 heteroatoms. The highest BCUT2D eigenvalue weighted by atomic mass is 16.5. The number of aliphatic imine (C=N–C) groups is 2. The molecule has 1 heterocycles. The van der Waals surface area contributed by atoms with Gasteiger partial charge in [0, 0.05) is 25.2 Å². The van der Waals surface area contributed by atoms with Crippen molar-refractivity contribution in [3.63, 3.8) is 0 Å². The van der Waals surface area contributed by atoms with E-state index in [0.717, 1.165) is 60.1 Å². The minimum absolute atomic E-state index is 0.0823. The monoisotopic (exact) mass is 442 g/mol. The second-order valence-corrected chi connectivity index (χ2v) is 9.59. The zero-order chi connectivity index (χ0) is 23.2. The van der Waals surface area contributed by atoms with Gasteiger partial charge in [-0.25, -0.2) is 4.99 Å². The van der Waals surface area contributed by atoms with Gasteiger partial charge in [-0.1, -0.05) is 12.1 Å². The molecule has 0 amide bonds. The fraction of sp³-hybridized carbons (Fsp3) is 0.444. The number of hydrogen-bond acceptors (Lipinski definition) is 6. The highest BCUT2D eigenvalue weighted by Crippen LogP contribution is 2.62. The van der Waals surface area contributed by atoms with Crippen molar-refractivity contribution < 1.29 is 9.47 Å². The summed E-state index contributed by atoms with van der Waals surface area (Å²) in [4.78, 5) is 10.2. The minimum Gasteiger partial charge on any atom is -0.382 e. The molecule has 5 rings (SSSR count). The van der Waals surface area contributed by atoms with E-state index in [1.807, 2.05) is 19.1 Å². The van der Waals surface area contributed by atoms with Crippen molar-refractivity contribution in [3.05, 3.63) is 58.7 Å². The van der Waals surface area contributed by atoms with Crippen LogP contribution in [0.3, 0.4) is 0 Å². The second kappa shape index (κ2) is 8.09. The summed E-state index contributed by atoms with van der Waals surface area (Å²) in [6.45, 7) is 2.42. The average molecular weight is 443 g/mol. The van der Waals surface area contributed by atoms with Crippen LogP contribution in [0, 0.1) is 16.7 Å². The first-order valence-electron chi connectivity index (χ1n) is 11.6.